The highest BCUT2D eigenvalue weighted by molar-refractivity contribution is 8.14. The lowest BCUT2D eigenvalue weighted by molar-refractivity contribution is -0.126. The maximum atomic E-state index is 12.0. The van der Waals surface area contributed by atoms with Crippen molar-refractivity contribution in [2.45, 2.75) is 6.92 Å². The summed E-state index contributed by atoms with van der Waals surface area (Å²) in [5, 5.41) is 2.17. The number of esters is 1. The van der Waals surface area contributed by atoms with Crippen LogP contribution in [0.25, 0.3) is 0 Å². The Labute approximate surface area is 148 Å². The molecule has 1 aromatic rings. The largest absolute Gasteiger partial charge is 0.493 e. The van der Waals surface area contributed by atoms with Crippen LogP contribution in [0, 0.1) is 0 Å². The fraction of sp³-hybridized carbons (Fsp3) is 0.375. The van der Waals surface area contributed by atoms with Gasteiger partial charge in [0.2, 0.25) is 5.91 Å². The van der Waals surface area contributed by atoms with Gasteiger partial charge in [0.05, 0.1) is 12.4 Å². The van der Waals surface area contributed by atoms with Gasteiger partial charge in [-0.15, -0.1) is 0 Å². The van der Waals surface area contributed by atoms with Crippen molar-refractivity contribution in [3.63, 3.8) is 0 Å². The Kier molecular flexibility index (Phi) is 6.81. The molecule has 8 nitrogen and oxygen atoms in total. The number of carbonyl (C=O) groups excluding carboxylic acids is 4. The molecule has 0 atom stereocenters. The first-order chi connectivity index (χ1) is 12.0. The molecule has 0 aromatic heterocycles. The van der Waals surface area contributed by atoms with Gasteiger partial charge < -0.3 is 14.8 Å². The summed E-state index contributed by atoms with van der Waals surface area (Å²) in [5.74, 6) is -0.944. The number of thioether (sulfide) groups is 1. The molecule has 25 heavy (non-hydrogen) atoms. The number of hydrogen-bond donors (Lipinski definition) is 1. The third-order valence-electron chi connectivity index (χ3n) is 3.24. The Balaban J connectivity index is 1.75. The average Bonchev–Trinajstić information content (AvgIpc) is 2.92. The maximum Gasteiger partial charge on any atom is 0.342 e. The van der Waals surface area contributed by atoms with Gasteiger partial charge in [0.1, 0.15) is 11.3 Å². The lowest BCUT2D eigenvalue weighted by Crippen LogP contribution is -2.38. The van der Waals surface area contributed by atoms with Crippen LogP contribution in [-0.2, 0) is 14.3 Å². The fourth-order valence-electron chi connectivity index (χ4n) is 2.08. The van der Waals surface area contributed by atoms with Crippen LogP contribution in [0.5, 0.6) is 5.75 Å². The molecule has 1 aliphatic heterocycles. The molecule has 0 aliphatic carbocycles. The highest BCUT2D eigenvalue weighted by atomic mass is 32.2. The second kappa shape index (κ2) is 9.07. The zero-order valence-electron chi connectivity index (χ0n) is 13.6. The van der Waals surface area contributed by atoms with Crippen molar-refractivity contribution in [2.75, 3.05) is 32.1 Å². The molecule has 9 heteroatoms. The third kappa shape index (κ3) is 5.21. The summed E-state index contributed by atoms with van der Waals surface area (Å²) in [4.78, 5) is 47.6. The molecular weight excluding hydrogens is 348 g/mol. The van der Waals surface area contributed by atoms with Crippen LogP contribution in [0.15, 0.2) is 24.3 Å². The van der Waals surface area contributed by atoms with Gasteiger partial charge in [-0.05, 0) is 19.1 Å². The monoisotopic (exact) mass is 366 g/mol. The normalized spacial score (nSPS) is 13.7. The first-order valence-electron chi connectivity index (χ1n) is 7.65. The van der Waals surface area contributed by atoms with Gasteiger partial charge >= 0.3 is 5.97 Å². The predicted molar refractivity (Wildman–Crippen MR) is 90.5 cm³/mol. The van der Waals surface area contributed by atoms with Crippen LogP contribution in [0.2, 0.25) is 0 Å². The van der Waals surface area contributed by atoms with Crippen molar-refractivity contribution >= 4 is 34.8 Å². The van der Waals surface area contributed by atoms with Crippen LogP contribution < -0.4 is 10.1 Å². The summed E-state index contributed by atoms with van der Waals surface area (Å²) in [6.45, 7) is 1.93. The molecule has 3 amide bonds. The number of carbonyl (C=O) groups is 4. The number of hydrogen-bond acceptors (Lipinski definition) is 7. The van der Waals surface area contributed by atoms with E-state index in [1.54, 1.807) is 31.2 Å². The van der Waals surface area contributed by atoms with Gasteiger partial charge in [-0.25, -0.2) is 4.79 Å². The number of benzene rings is 1. The number of para-hydroxylation sites is 1. The molecule has 2 rings (SSSR count). The fourth-order valence-corrected chi connectivity index (χ4v) is 2.83. The molecule has 0 radical (unpaired) electrons. The average molecular weight is 366 g/mol. The van der Waals surface area contributed by atoms with Crippen molar-refractivity contribution in [2.24, 2.45) is 0 Å². The number of nitrogens with zero attached hydrogens (tertiary/aromatic N) is 1. The molecule has 0 saturated carbocycles. The molecule has 1 fully saturated rings. The third-order valence-corrected chi connectivity index (χ3v) is 4.10. The van der Waals surface area contributed by atoms with Gasteiger partial charge in [-0.1, -0.05) is 23.9 Å². The standard InChI is InChI=1S/C16H18N2O6S/c1-2-23-12-6-4-3-5-11(12)15(21)24-9-13(19)17-7-8-18-14(20)10-25-16(18)22/h3-6H,2,7-10H2,1H3,(H,17,19). The van der Waals surface area contributed by atoms with Gasteiger partial charge in [0.25, 0.3) is 11.1 Å². The van der Waals surface area contributed by atoms with E-state index in [1.165, 1.54) is 0 Å². The first kappa shape index (κ1) is 18.8. The minimum atomic E-state index is -0.666. The molecule has 0 unspecified atom stereocenters. The molecule has 1 heterocycles. The van der Waals surface area contributed by atoms with E-state index in [0.717, 1.165) is 16.7 Å². The maximum absolute atomic E-state index is 12.0. The van der Waals surface area contributed by atoms with Crippen molar-refractivity contribution in [1.82, 2.24) is 10.2 Å². The van der Waals surface area contributed by atoms with E-state index in [0.29, 0.717) is 12.4 Å². The summed E-state index contributed by atoms with van der Waals surface area (Å²) in [7, 11) is 0. The highest BCUT2D eigenvalue weighted by Gasteiger charge is 2.29. The molecule has 1 N–H and O–H groups in total. The highest BCUT2D eigenvalue weighted by Crippen LogP contribution is 2.19. The summed E-state index contributed by atoms with van der Waals surface area (Å²) >= 11 is 0.933. The Morgan fingerprint density at radius 3 is 2.72 bits per heavy atom. The quantitative estimate of drug-likeness (QED) is 0.686. The van der Waals surface area contributed by atoms with Crippen LogP contribution >= 0.6 is 11.8 Å². The van der Waals surface area contributed by atoms with Crippen molar-refractivity contribution in [3.8, 4) is 5.75 Å². The minimum absolute atomic E-state index is 0.0948. The number of nitrogens with one attached hydrogen (secondary N) is 1. The van der Waals surface area contributed by atoms with Crippen LogP contribution in [-0.4, -0.2) is 60.0 Å². The van der Waals surface area contributed by atoms with Crippen LogP contribution in [0.3, 0.4) is 0 Å². The van der Waals surface area contributed by atoms with E-state index in [4.69, 9.17) is 9.47 Å². The lowest BCUT2D eigenvalue weighted by atomic mass is 10.2. The van der Waals surface area contributed by atoms with Crippen LogP contribution in [0.1, 0.15) is 17.3 Å². The van der Waals surface area contributed by atoms with E-state index < -0.39 is 18.5 Å². The van der Waals surface area contributed by atoms with Gasteiger partial charge in [0, 0.05) is 13.1 Å². The van der Waals surface area contributed by atoms with Crippen molar-refractivity contribution < 1.29 is 28.7 Å². The molecule has 134 valence electrons. The lowest BCUT2D eigenvalue weighted by Gasteiger charge is -2.13. The Bertz CT molecular complexity index is 662. The molecule has 1 aliphatic rings. The van der Waals surface area contributed by atoms with E-state index >= 15 is 0 Å². The SMILES string of the molecule is CCOc1ccccc1C(=O)OCC(=O)NCCN1C(=O)CSC1=O. The van der Waals surface area contributed by atoms with Crippen molar-refractivity contribution in [3.05, 3.63) is 29.8 Å². The zero-order valence-corrected chi connectivity index (χ0v) is 14.5. The Hall–Kier alpha value is -2.55. The predicted octanol–water partition coefficient (Wildman–Crippen LogP) is 1.05. The number of ether oxygens (including phenoxy) is 2. The van der Waals surface area contributed by atoms with E-state index in [1.807, 2.05) is 0 Å². The zero-order chi connectivity index (χ0) is 18.2. The molecule has 1 saturated heterocycles. The number of imide groups is 1. The van der Waals surface area contributed by atoms with Crippen molar-refractivity contribution in [1.29, 1.82) is 0 Å². The number of rotatable bonds is 8. The Morgan fingerprint density at radius 1 is 1.28 bits per heavy atom. The second-order valence-corrected chi connectivity index (χ2v) is 5.88. The summed E-state index contributed by atoms with van der Waals surface area (Å²) in [5.41, 5.74) is 0.238. The topological polar surface area (TPSA) is 102 Å². The smallest absolute Gasteiger partial charge is 0.342 e. The van der Waals surface area contributed by atoms with E-state index in [9.17, 15) is 19.2 Å². The van der Waals surface area contributed by atoms with E-state index in [2.05, 4.69) is 5.32 Å². The number of amides is 3. The Morgan fingerprint density at radius 2 is 2.04 bits per heavy atom. The van der Waals surface area contributed by atoms with E-state index in [-0.39, 0.29) is 35.6 Å². The van der Waals surface area contributed by atoms with Gasteiger partial charge in [-0.3, -0.25) is 19.3 Å². The molecule has 0 spiro atoms. The minimum Gasteiger partial charge on any atom is -0.493 e. The van der Waals surface area contributed by atoms with Gasteiger partial charge in [-0.2, -0.15) is 0 Å². The van der Waals surface area contributed by atoms with Gasteiger partial charge in [0.15, 0.2) is 6.61 Å². The first-order valence-corrected chi connectivity index (χ1v) is 8.64. The summed E-state index contributed by atoms with van der Waals surface area (Å²) in [6.07, 6.45) is 0. The molecular formula is C16H18N2O6S. The molecule has 0 bridgehead atoms. The molecule has 1 aromatic carbocycles. The van der Waals surface area contributed by atoms with Crippen LogP contribution in [0.4, 0.5) is 4.79 Å². The second-order valence-electron chi connectivity index (χ2n) is 4.96. The summed E-state index contributed by atoms with van der Waals surface area (Å²) in [6, 6.07) is 6.59. The summed E-state index contributed by atoms with van der Waals surface area (Å²) < 4.78 is 10.3.